The van der Waals surface area contributed by atoms with Crippen LogP contribution < -0.4 is 0 Å². The molecule has 0 radical (unpaired) electrons. The summed E-state index contributed by atoms with van der Waals surface area (Å²) < 4.78 is 11.6. The average Bonchev–Trinajstić information content (AvgIpc) is 2.54. The van der Waals surface area contributed by atoms with E-state index in [0.717, 1.165) is 16.6 Å². The lowest BCUT2D eigenvalue weighted by atomic mass is 9.73. The zero-order valence-electron chi connectivity index (χ0n) is 12.7. The maximum Gasteiger partial charge on any atom is 0.494 e. The van der Waals surface area contributed by atoms with Gasteiger partial charge in [0.2, 0.25) is 0 Å². The standard InChI is InChI=1S/C18H21BO2/c1-3-20-19(21-4-2)18(17-13-9-6-10-14-17)15-16-11-7-5-8-12-16/h5-15H,3-4H2,1-2H3/b18-15+. The molecule has 2 rings (SSSR count). The van der Waals surface area contributed by atoms with Gasteiger partial charge in [0.15, 0.2) is 0 Å². The Hall–Kier alpha value is -1.84. The van der Waals surface area contributed by atoms with Crippen molar-refractivity contribution in [3.8, 4) is 0 Å². The minimum Gasteiger partial charge on any atom is -0.408 e. The molecule has 0 amide bonds. The molecule has 0 aliphatic heterocycles. The van der Waals surface area contributed by atoms with E-state index in [1.54, 1.807) is 0 Å². The van der Waals surface area contributed by atoms with Crippen molar-refractivity contribution < 1.29 is 9.31 Å². The van der Waals surface area contributed by atoms with Gasteiger partial charge >= 0.3 is 7.12 Å². The van der Waals surface area contributed by atoms with Crippen LogP contribution >= 0.6 is 0 Å². The Kier molecular flexibility index (Phi) is 6.26. The fraction of sp³-hybridized carbons (Fsp3) is 0.222. The van der Waals surface area contributed by atoms with E-state index in [2.05, 4.69) is 30.3 Å². The highest BCUT2D eigenvalue weighted by molar-refractivity contribution is 6.69. The van der Waals surface area contributed by atoms with Gasteiger partial charge in [-0.2, -0.15) is 0 Å². The van der Waals surface area contributed by atoms with Gasteiger partial charge in [0.05, 0.1) is 0 Å². The highest BCUT2D eigenvalue weighted by Gasteiger charge is 2.24. The van der Waals surface area contributed by atoms with Crippen molar-refractivity contribution in [2.45, 2.75) is 13.8 Å². The number of hydrogen-bond acceptors (Lipinski definition) is 2. The number of benzene rings is 2. The van der Waals surface area contributed by atoms with Crippen LogP contribution in [0.5, 0.6) is 0 Å². The molecule has 0 saturated heterocycles. The van der Waals surface area contributed by atoms with E-state index < -0.39 is 0 Å². The van der Waals surface area contributed by atoms with E-state index in [-0.39, 0.29) is 7.12 Å². The third-order valence-corrected chi connectivity index (χ3v) is 3.12. The summed E-state index contributed by atoms with van der Waals surface area (Å²) in [4.78, 5) is 0. The highest BCUT2D eigenvalue weighted by atomic mass is 16.6. The van der Waals surface area contributed by atoms with Crippen molar-refractivity contribution in [1.29, 1.82) is 0 Å². The van der Waals surface area contributed by atoms with Crippen LogP contribution in [0.2, 0.25) is 0 Å². The van der Waals surface area contributed by atoms with Gasteiger partial charge in [-0.3, -0.25) is 0 Å². The molecular formula is C18H21BO2. The molecule has 2 nitrogen and oxygen atoms in total. The van der Waals surface area contributed by atoms with Crippen LogP contribution in [-0.2, 0) is 9.31 Å². The van der Waals surface area contributed by atoms with Gasteiger partial charge < -0.3 is 9.31 Å². The van der Waals surface area contributed by atoms with Gasteiger partial charge in [0, 0.05) is 13.2 Å². The molecule has 2 aromatic carbocycles. The Labute approximate surface area is 127 Å². The largest absolute Gasteiger partial charge is 0.494 e. The van der Waals surface area contributed by atoms with Gasteiger partial charge in [0.25, 0.3) is 0 Å². The molecule has 108 valence electrons. The van der Waals surface area contributed by atoms with Gasteiger partial charge in [0.1, 0.15) is 0 Å². The molecule has 0 aliphatic carbocycles. The molecule has 21 heavy (non-hydrogen) atoms. The first-order chi connectivity index (χ1) is 10.3. The molecule has 3 heteroatoms. The number of rotatable bonds is 7. The van der Waals surface area contributed by atoms with Crippen LogP contribution in [0.25, 0.3) is 11.5 Å². The minimum absolute atomic E-state index is 0.345. The lowest BCUT2D eigenvalue weighted by Crippen LogP contribution is -2.25. The summed E-state index contributed by atoms with van der Waals surface area (Å²) in [6.07, 6.45) is 2.13. The molecule has 0 atom stereocenters. The van der Waals surface area contributed by atoms with Crippen molar-refractivity contribution in [3.05, 3.63) is 71.8 Å². The van der Waals surface area contributed by atoms with Crippen LogP contribution in [0.1, 0.15) is 25.0 Å². The van der Waals surface area contributed by atoms with Crippen LogP contribution in [-0.4, -0.2) is 20.3 Å². The van der Waals surface area contributed by atoms with Crippen LogP contribution in [0.15, 0.2) is 60.7 Å². The van der Waals surface area contributed by atoms with E-state index in [1.807, 2.05) is 50.2 Å². The Morgan fingerprint density at radius 1 is 0.857 bits per heavy atom. The van der Waals surface area contributed by atoms with Gasteiger partial charge in [-0.15, -0.1) is 0 Å². The van der Waals surface area contributed by atoms with E-state index in [9.17, 15) is 0 Å². The molecule has 0 aliphatic rings. The van der Waals surface area contributed by atoms with Crippen LogP contribution in [0.3, 0.4) is 0 Å². The maximum atomic E-state index is 5.78. The second-order valence-electron chi connectivity index (χ2n) is 4.62. The third kappa shape index (κ3) is 4.59. The Morgan fingerprint density at radius 2 is 1.38 bits per heavy atom. The molecule has 0 fully saturated rings. The van der Waals surface area contributed by atoms with E-state index in [1.165, 1.54) is 0 Å². The molecule has 0 bridgehead atoms. The lowest BCUT2D eigenvalue weighted by Gasteiger charge is -2.16. The fourth-order valence-corrected chi connectivity index (χ4v) is 2.18. The molecule has 0 heterocycles. The molecule has 0 aromatic heterocycles. The molecule has 0 saturated carbocycles. The maximum absolute atomic E-state index is 5.78. The first-order valence-corrected chi connectivity index (χ1v) is 7.40. The van der Waals surface area contributed by atoms with Crippen molar-refractivity contribution in [2.24, 2.45) is 0 Å². The Balaban J connectivity index is 2.41. The van der Waals surface area contributed by atoms with E-state index >= 15 is 0 Å². The van der Waals surface area contributed by atoms with Gasteiger partial charge in [-0.05, 0) is 30.4 Å². The van der Waals surface area contributed by atoms with Crippen molar-refractivity contribution in [3.63, 3.8) is 0 Å². The molecule has 2 aromatic rings. The first kappa shape index (κ1) is 15.6. The quantitative estimate of drug-likeness (QED) is 0.555. The summed E-state index contributed by atoms with van der Waals surface area (Å²) in [5.74, 6) is 0. The third-order valence-electron chi connectivity index (χ3n) is 3.12. The molecule has 0 N–H and O–H groups in total. The SMILES string of the molecule is CCOB(OCC)/C(=C/c1ccccc1)c1ccccc1. The fourth-order valence-electron chi connectivity index (χ4n) is 2.18. The summed E-state index contributed by atoms with van der Waals surface area (Å²) in [6, 6.07) is 20.5. The molecular weight excluding hydrogens is 259 g/mol. The van der Waals surface area contributed by atoms with Crippen molar-refractivity contribution in [1.82, 2.24) is 0 Å². The monoisotopic (exact) mass is 280 g/mol. The van der Waals surface area contributed by atoms with Crippen molar-refractivity contribution >= 4 is 18.7 Å². The second kappa shape index (κ2) is 8.45. The van der Waals surface area contributed by atoms with E-state index in [0.29, 0.717) is 13.2 Å². The summed E-state index contributed by atoms with van der Waals surface area (Å²) >= 11 is 0. The van der Waals surface area contributed by atoms with Crippen LogP contribution in [0, 0.1) is 0 Å². The number of hydrogen-bond donors (Lipinski definition) is 0. The normalized spacial score (nSPS) is 11.4. The van der Waals surface area contributed by atoms with Crippen molar-refractivity contribution in [2.75, 3.05) is 13.2 Å². The Bertz CT molecular complexity index is 546. The predicted molar refractivity (Wildman–Crippen MR) is 89.8 cm³/mol. The minimum atomic E-state index is -0.345. The average molecular weight is 280 g/mol. The summed E-state index contributed by atoms with van der Waals surface area (Å²) in [5, 5.41) is 0. The lowest BCUT2D eigenvalue weighted by molar-refractivity contribution is 0.226. The zero-order valence-corrected chi connectivity index (χ0v) is 12.7. The summed E-state index contributed by atoms with van der Waals surface area (Å²) in [5.41, 5.74) is 3.31. The second-order valence-corrected chi connectivity index (χ2v) is 4.62. The van der Waals surface area contributed by atoms with E-state index in [4.69, 9.17) is 9.31 Å². The summed E-state index contributed by atoms with van der Waals surface area (Å²) in [6.45, 7) is 5.20. The van der Waals surface area contributed by atoms with Gasteiger partial charge in [-0.25, -0.2) is 0 Å². The predicted octanol–water partition coefficient (Wildman–Crippen LogP) is 4.33. The smallest absolute Gasteiger partial charge is 0.408 e. The highest BCUT2D eigenvalue weighted by Crippen LogP contribution is 2.22. The molecule has 0 unspecified atom stereocenters. The first-order valence-electron chi connectivity index (χ1n) is 7.40. The Morgan fingerprint density at radius 3 is 1.90 bits per heavy atom. The van der Waals surface area contributed by atoms with Gasteiger partial charge in [-0.1, -0.05) is 66.7 Å². The molecule has 0 spiro atoms. The topological polar surface area (TPSA) is 18.5 Å². The zero-order chi connectivity index (χ0) is 14.9. The summed E-state index contributed by atoms with van der Waals surface area (Å²) in [7, 11) is -0.345. The van der Waals surface area contributed by atoms with Crippen LogP contribution in [0.4, 0.5) is 0 Å².